The molecule has 0 atom stereocenters. The summed E-state index contributed by atoms with van der Waals surface area (Å²) in [6, 6.07) is 8.97. The minimum absolute atomic E-state index is 0.216. The molecule has 8 nitrogen and oxygen atoms in total. The second-order valence-corrected chi connectivity index (χ2v) is 6.24. The van der Waals surface area contributed by atoms with Gasteiger partial charge in [0.05, 0.1) is 18.6 Å². The van der Waals surface area contributed by atoms with Crippen molar-refractivity contribution >= 4 is 11.6 Å². The Labute approximate surface area is 153 Å². The molecule has 130 valence electrons. The van der Waals surface area contributed by atoms with E-state index in [0.29, 0.717) is 27.8 Å². The van der Waals surface area contributed by atoms with Gasteiger partial charge in [0.2, 0.25) is 0 Å². The lowest BCUT2D eigenvalue weighted by molar-refractivity contribution is 0.676. The first-order valence-electron chi connectivity index (χ1n) is 7.80. The largest absolute Gasteiger partial charge is 0.274 e. The highest BCUT2D eigenvalue weighted by Crippen LogP contribution is 2.19. The number of rotatable bonds is 3. The molecular weight excluding hydrogens is 354 g/mol. The van der Waals surface area contributed by atoms with Crippen molar-refractivity contribution in [3.05, 3.63) is 69.9 Å². The summed E-state index contributed by atoms with van der Waals surface area (Å²) in [5.74, 6) is 0.436. The van der Waals surface area contributed by atoms with Gasteiger partial charge in [0.1, 0.15) is 11.4 Å². The van der Waals surface area contributed by atoms with Crippen LogP contribution in [0, 0.1) is 6.92 Å². The maximum absolute atomic E-state index is 12.4. The highest BCUT2D eigenvalue weighted by molar-refractivity contribution is 6.30. The zero-order valence-electron chi connectivity index (χ0n) is 14.0. The molecule has 3 heterocycles. The first kappa shape index (κ1) is 16.2. The maximum atomic E-state index is 12.4. The van der Waals surface area contributed by atoms with Gasteiger partial charge in [-0.2, -0.15) is 14.9 Å². The Kier molecular flexibility index (Phi) is 3.89. The quantitative estimate of drug-likeness (QED) is 0.554. The van der Waals surface area contributed by atoms with E-state index >= 15 is 0 Å². The van der Waals surface area contributed by atoms with Gasteiger partial charge in [0.15, 0.2) is 5.82 Å². The number of hydrogen-bond donors (Lipinski definition) is 0. The van der Waals surface area contributed by atoms with Gasteiger partial charge < -0.3 is 0 Å². The number of hydrogen-bond acceptors (Lipinski definition) is 5. The molecule has 0 aliphatic carbocycles. The summed E-state index contributed by atoms with van der Waals surface area (Å²) in [6.07, 6.45) is 4.93. The molecule has 26 heavy (non-hydrogen) atoms. The molecule has 4 rings (SSSR count). The van der Waals surface area contributed by atoms with Crippen molar-refractivity contribution in [1.82, 2.24) is 34.6 Å². The third kappa shape index (κ3) is 2.91. The normalized spacial score (nSPS) is 11.0. The van der Waals surface area contributed by atoms with Crippen LogP contribution in [-0.4, -0.2) is 34.6 Å². The van der Waals surface area contributed by atoms with Crippen molar-refractivity contribution in [2.24, 2.45) is 7.05 Å². The fraction of sp³-hybridized carbons (Fsp3) is 0.118. The lowest BCUT2D eigenvalue weighted by Gasteiger charge is -2.06. The van der Waals surface area contributed by atoms with E-state index in [9.17, 15) is 4.79 Å². The molecule has 0 saturated heterocycles. The average Bonchev–Trinajstić information content (AvgIpc) is 3.27. The molecule has 9 heteroatoms. The Balaban J connectivity index is 1.78. The molecular formula is C17H14ClN7O. The Hall–Kier alpha value is -3.26. The molecule has 0 bridgehead atoms. The predicted octanol–water partition coefficient (Wildman–Crippen LogP) is 2.18. The third-order valence-electron chi connectivity index (χ3n) is 3.85. The molecule has 0 aliphatic heterocycles. The lowest BCUT2D eigenvalue weighted by Crippen LogP contribution is -2.25. The summed E-state index contributed by atoms with van der Waals surface area (Å²) in [6.45, 7) is 1.73. The molecule has 4 aromatic rings. The van der Waals surface area contributed by atoms with Gasteiger partial charge in [0.25, 0.3) is 5.56 Å². The SMILES string of the molecule is Cc1cc(-n2ncc(-c3ccc(Cl)cc3)n2)nn(-c2cnn(C)c2)c1=O. The van der Waals surface area contributed by atoms with Gasteiger partial charge in [0, 0.05) is 23.2 Å². The van der Waals surface area contributed by atoms with Gasteiger partial charge in [-0.1, -0.05) is 23.7 Å². The summed E-state index contributed by atoms with van der Waals surface area (Å²) in [5, 5.41) is 17.8. The zero-order chi connectivity index (χ0) is 18.3. The van der Waals surface area contributed by atoms with Crippen LogP contribution in [0.1, 0.15) is 5.56 Å². The number of aromatic nitrogens is 7. The molecule has 0 N–H and O–H groups in total. The first-order valence-corrected chi connectivity index (χ1v) is 8.18. The first-order chi connectivity index (χ1) is 12.5. The van der Waals surface area contributed by atoms with Crippen molar-refractivity contribution in [1.29, 1.82) is 0 Å². The van der Waals surface area contributed by atoms with Crippen LogP contribution < -0.4 is 5.56 Å². The predicted molar refractivity (Wildman–Crippen MR) is 96.7 cm³/mol. The van der Waals surface area contributed by atoms with Crippen LogP contribution in [0.3, 0.4) is 0 Å². The molecule has 0 fully saturated rings. The monoisotopic (exact) mass is 367 g/mol. The fourth-order valence-corrected chi connectivity index (χ4v) is 2.64. The average molecular weight is 368 g/mol. The summed E-state index contributed by atoms with van der Waals surface area (Å²) >= 11 is 5.92. The van der Waals surface area contributed by atoms with E-state index in [1.54, 1.807) is 55.4 Å². The second-order valence-electron chi connectivity index (χ2n) is 5.80. The van der Waals surface area contributed by atoms with Crippen LogP contribution in [0.15, 0.2) is 53.7 Å². The highest BCUT2D eigenvalue weighted by Gasteiger charge is 2.12. The minimum atomic E-state index is -0.216. The molecule has 0 saturated carbocycles. The van der Waals surface area contributed by atoms with Crippen LogP contribution in [0.4, 0.5) is 0 Å². The van der Waals surface area contributed by atoms with E-state index in [-0.39, 0.29) is 5.56 Å². The van der Waals surface area contributed by atoms with Crippen LogP contribution in [0.2, 0.25) is 5.02 Å². The van der Waals surface area contributed by atoms with Crippen LogP contribution in [-0.2, 0) is 7.05 Å². The van der Waals surface area contributed by atoms with E-state index in [1.807, 2.05) is 12.1 Å². The van der Waals surface area contributed by atoms with E-state index in [0.717, 1.165) is 5.56 Å². The van der Waals surface area contributed by atoms with Crippen molar-refractivity contribution in [3.63, 3.8) is 0 Å². The molecule has 0 unspecified atom stereocenters. The minimum Gasteiger partial charge on any atom is -0.274 e. The summed E-state index contributed by atoms with van der Waals surface area (Å²) in [5.41, 5.74) is 2.46. The number of nitrogens with zero attached hydrogens (tertiary/aromatic N) is 7. The maximum Gasteiger partial charge on any atom is 0.274 e. The van der Waals surface area contributed by atoms with Crippen LogP contribution in [0.25, 0.3) is 22.8 Å². The second kappa shape index (κ2) is 6.23. The van der Waals surface area contributed by atoms with E-state index in [1.165, 1.54) is 9.48 Å². The molecule has 0 radical (unpaired) electrons. The smallest absolute Gasteiger partial charge is 0.274 e. The van der Waals surface area contributed by atoms with Crippen molar-refractivity contribution < 1.29 is 0 Å². The van der Waals surface area contributed by atoms with E-state index in [2.05, 4.69) is 20.4 Å². The van der Waals surface area contributed by atoms with Crippen molar-refractivity contribution in [2.75, 3.05) is 0 Å². The Morgan fingerprint density at radius 1 is 1.04 bits per heavy atom. The number of halogens is 1. The Morgan fingerprint density at radius 2 is 1.81 bits per heavy atom. The van der Waals surface area contributed by atoms with E-state index < -0.39 is 0 Å². The van der Waals surface area contributed by atoms with Gasteiger partial charge in [-0.3, -0.25) is 9.48 Å². The Morgan fingerprint density at radius 3 is 2.50 bits per heavy atom. The topological polar surface area (TPSA) is 83.4 Å². The summed E-state index contributed by atoms with van der Waals surface area (Å²) < 4.78 is 2.90. The Bertz CT molecular complexity index is 1140. The van der Waals surface area contributed by atoms with E-state index in [4.69, 9.17) is 11.6 Å². The van der Waals surface area contributed by atoms with Gasteiger partial charge in [-0.15, -0.1) is 15.0 Å². The summed E-state index contributed by atoms with van der Waals surface area (Å²) in [7, 11) is 1.78. The third-order valence-corrected chi connectivity index (χ3v) is 4.10. The van der Waals surface area contributed by atoms with Gasteiger partial charge >= 0.3 is 0 Å². The van der Waals surface area contributed by atoms with Crippen LogP contribution >= 0.6 is 11.6 Å². The van der Waals surface area contributed by atoms with Crippen LogP contribution in [0.5, 0.6) is 0 Å². The van der Waals surface area contributed by atoms with Crippen molar-refractivity contribution in [2.45, 2.75) is 6.92 Å². The van der Waals surface area contributed by atoms with Crippen molar-refractivity contribution in [3.8, 4) is 22.8 Å². The number of benzene rings is 1. The summed E-state index contributed by atoms with van der Waals surface area (Å²) in [4.78, 5) is 13.8. The van der Waals surface area contributed by atoms with Gasteiger partial charge in [-0.25, -0.2) is 0 Å². The zero-order valence-corrected chi connectivity index (χ0v) is 14.8. The van der Waals surface area contributed by atoms with Gasteiger partial charge in [-0.05, 0) is 25.1 Å². The molecule has 0 aliphatic rings. The lowest BCUT2D eigenvalue weighted by atomic mass is 10.2. The molecule has 0 spiro atoms. The molecule has 0 amide bonds. The molecule has 1 aromatic carbocycles. The number of aryl methyl sites for hydroxylation is 2. The highest BCUT2D eigenvalue weighted by atomic mass is 35.5. The molecule has 3 aromatic heterocycles. The standard InChI is InChI=1S/C17H14ClN7O/c1-11-7-16(22-24(17(11)26)14-8-19-23(2)10-14)25-20-9-15(21-25)12-3-5-13(18)6-4-12/h3-10H,1-2H3. The fourth-order valence-electron chi connectivity index (χ4n) is 2.52.